The van der Waals surface area contributed by atoms with Gasteiger partial charge in [-0.2, -0.15) is 0 Å². The van der Waals surface area contributed by atoms with E-state index in [2.05, 4.69) is 24.4 Å². The molecule has 0 spiro atoms. The van der Waals surface area contributed by atoms with Gasteiger partial charge in [-0.1, -0.05) is 6.92 Å². The van der Waals surface area contributed by atoms with Crippen molar-refractivity contribution in [2.75, 3.05) is 13.1 Å². The molecular weight excluding hydrogens is 220 g/mol. The van der Waals surface area contributed by atoms with E-state index < -0.39 is 0 Å². The van der Waals surface area contributed by atoms with Gasteiger partial charge in [0.15, 0.2) is 0 Å². The fourth-order valence-electron chi connectivity index (χ4n) is 1.93. The van der Waals surface area contributed by atoms with Gasteiger partial charge in [-0.25, -0.2) is 0 Å². The van der Waals surface area contributed by atoms with E-state index in [1.165, 1.54) is 9.75 Å². The van der Waals surface area contributed by atoms with E-state index in [9.17, 15) is 4.79 Å². The second-order valence-corrected chi connectivity index (χ2v) is 5.41. The lowest BCUT2D eigenvalue weighted by atomic mass is 10.2. The molecule has 4 heteroatoms. The Morgan fingerprint density at radius 2 is 2.25 bits per heavy atom. The van der Waals surface area contributed by atoms with Gasteiger partial charge in [0.25, 0.3) is 0 Å². The number of aryl methyl sites for hydroxylation is 1. The number of hydrogen-bond donors (Lipinski definition) is 1. The first-order chi connectivity index (χ1) is 7.70. The minimum atomic E-state index is -0.0284. The quantitative estimate of drug-likeness (QED) is 0.868. The lowest BCUT2D eigenvalue weighted by molar-refractivity contribution is -0.135. The average molecular weight is 238 g/mol. The van der Waals surface area contributed by atoms with Crippen molar-refractivity contribution in [3.8, 4) is 0 Å². The van der Waals surface area contributed by atoms with Crippen LogP contribution in [0.2, 0.25) is 0 Å². The number of amides is 1. The Kier molecular flexibility index (Phi) is 3.61. The van der Waals surface area contributed by atoms with Crippen LogP contribution >= 0.6 is 11.3 Å². The SMILES string of the molecule is CCc1ccc(CN2CCNC(C)C2=O)s1. The highest BCUT2D eigenvalue weighted by molar-refractivity contribution is 7.11. The molecule has 1 aliphatic heterocycles. The van der Waals surface area contributed by atoms with Crippen LogP contribution in [0.4, 0.5) is 0 Å². The summed E-state index contributed by atoms with van der Waals surface area (Å²) in [5, 5.41) is 3.18. The van der Waals surface area contributed by atoms with E-state index >= 15 is 0 Å². The fourth-order valence-corrected chi connectivity index (χ4v) is 2.90. The Hall–Kier alpha value is -0.870. The third kappa shape index (κ3) is 2.44. The molecular formula is C12H18N2OS. The molecule has 0 aromatic carbocycles. The number of nitrogens with zero attached hydrogens (tertiary/aromatic N) is 1. The van der Waals surface area contributed by atoms with Gasteiger partial charge in [0.1, 0.15) is 0 Å². The highest BCUT2D eigenvalue weighted by atomic mass is 32.1. The van der Waals surface area contributed by atoms with Crippen LogP contribution in [0, 0.1) is 0 Å². The first kappa shape index (κ1) is 11.6. The van der Waals surface area contributed by atoms with Gasteiger partial charge in [-0.05, 0) is 25.5 Å². The van der Waals surface area contributed by atoms with E-state index in [4.69, 9.17) is 0 Å². The number of carbonyl (C=O) groups excluding carboxylic acids is 1. The predicted molar refractivity (Wildman–Crippen MR) is 66.6 cm³/mol. The van der Waals surface area contributed by atoms with Gasteiger partial charge < -0.3 is 10.2 Å². The van der Waals surface area contributed by atoms with Gasteiger partial charge >= 0.3 is 0 Å². The summed E-state index contributed by atoms with van der Waals surface area (Å²) in [6, 6.07) is 4.28. The molecule has 2 rings (SSSR count). The van der Waals surface area contributed by atoms with Crippen LogP contribution in [-0.4, -0.2) is 29.9 Å². The first-order valence-corrected chi connectivity index (χ1v) is 6.62. The van der Waals surface area contributed by atoms with Crippen LogP contribution in [0.1, 0.15) is 23.6 Å². The fraction of sp³-hybridized carbons (Fsp3) is 0.583. The number of piperazine rings is 1. The second kappa shape index (κ2) is 4.97. The summed E-state index contributed by atoms with van der Waals surface area (Å²) in [7, 11) is 0. The molecule has 1 aliphatic rings. The Balaban J connectivity index is 2.00. The number of carbonyl (C=O) groups is 1. The molecule has 1 amide bonds. The molecule has 0 radical (unpaired) electrons. The highest BCUT2D eigenvalue weighted by Gasteiger charge is 2.24. The van der Waals surface area contributed by atoms with Crippen LogP contribution in [0.5, 0.6) is 0 Å². The maximum absolute atomic E-state index is 11.9. The molecule has 1 saturated heterocycles. The van der Waals surface area contributed by atoms with Crippen molar-refractivity contribution in [1.82, 2.24) is 10.2 Å². The van der Waals surface area contributed by atoms with Crippen LogP contribution in [0.25, 0.3) is 0 Å². The zero-order valence-corrected chi connectivity index (χ0v) is 10.6. The van der Waals surface area contributed by atoms with E-state index in [1.807, 2.05) is 23.2 Å². The standard InChI is InChI=1S/C12H18N2OS/c1-3-10-4-5-11(16-10)8-14-7-6-13-9(2)12(14)15/h4-5,9,13H,3,6-8H2,1-2H3. The van der Waals surface area contributed by atoms with Crippen LogP contribution < -0.4 is 5.32 Å². The average Bonchev–Trinajstić information content (AvgIpc) is 2.73. The smallest absolute Gasteiger partial charge is 0.239 e. The van der Waals surface area contributed by atoms with Gasteiger partial charge in [-0.15, -0.1) is 11.3 Å². The van der Waals surface area contributed by atoms with E-state index in [0.29, 0.717) is 0 Å². The largest absolute Gasteiger partial charge is 0.335 e. The molecule has 1 aromatic heterocycles. The lowest BCUT2D eigenvalue weighted by Crippen LogP contribution is -2.53. The van der Waals surface area contributed by atoms with Gasteiger partial charge in [0.05, 0.1) is 12.6 Å². The number of hydrogen-bond acceptors (Lipinski definition) is 3. The van der Waals surface area contributed by atoms with Crippen LogP contribution in [0.3, 0.4) is 0 Å². The van der Waals surface area contributed by atoms with E-state index in [-0.39, 0.29) is 11.9 Å². The molecule has 88 valence electrons. The summed E-state index contributed by atoms with van der Waals surface area (Å²) in [5.74, 6) is 0.220. The molecule has 1 unspecified atom stereocenters. The van der Waals surface area contributed by atoms with Crippen LogP contribution in [-0.2, 0) is 17.8 Å². The molecule has 0 saturated carbocycles. The second-order valence-electron chi connectivity index (χ2n) is 4.16. The van der Waals surface area contributed by atoms with Crippen molar-refractivity contribution in [2.24, 2.45) is 0 Å². The lowest BCUT2D eigenvalue weighted by Gasteiger charge is -2.31. The minimum absolute atomic E-state index is 0.0284. The summed E-state index contributed by atoms with van der Waals surface area (Å²) < 4.78 is 0. The Morgan fingerprint density at radius 1 is 1.50 bits per heavy atom. The predicted octanol–water partition coefficient (Wildman–Crippen LogP) is 1.63. The molecule has 1 aromatic rings. The third-order valence-electron chi connectivity index (χ3n) is 2.93. The summed E-state index contributed by atoms with van der Waals surface area (Å²) in [4.78, 5) is 16.5. The van der Waals surface area contributed by atoms with Crippen LogP contribution in [0.15, 0.2) is 12.1 Å². The van der Waals surface area contributed by atoms with Crippen molar-refractivity contribution in [3.05, 3.63) is 21.9 Å². The topological polar surface area (TPSA) is 32.3 Å². The molecule has 0 bridgehead atoms. The summed E-state index contributed by atoms with van der Waals surface area (Å²) in [6.45, 7) is 6.59. The number of rotatable bonds is 3. The molecule has 16 heavy (non-hydrogen) atoms. The Morgan fingerprint density at radius 3 is 2.94 bits per heavy atom. The van der Waals surface area contributed by atoms with Crippen molar-refractivity contribution in [3.63, 3.8) is 0 Å². The number of nitrogens with one attached hydrogen (secondary N) is 1. The summed E-state index contributed by atoms with van der Waals surface area (Å²) in [6.07, 6.45) is 1.08. The highest BCUT2D eigenvalue weighted by Crippen LogP contribution is 2.19. The Bertz CT molecular complexity index is 375. The monoisotopic (exact) mass is 238 g/mol. The zero-order valence-electron chi connectivity index (χ0n) is 9.82. The van der Waals surface area contributed by atoms with Crippen molar-refractivity contribution < 1.29 is 4.79 Å². The maximum Gasteiger partial charge on any atom is 0.239 e. The summed E-state index contributed by atoms with van der Waals surface area (Å²) >= 11 is 1.82. The van der Waals surface area contributed by atoms with Crippen molar-refractivity contribution in [2.45, 2.75) is 32.9 Å². The van der Waals surface area contributed by atoms with E-state index in [1.54, 1.807) is 0 Å². The molecule has 0 aliphatic carbocycles. The minimum Gasteiger partial charge on any atom is -0.335 e. The van der Waals surface area contributed by atoms with E-state index in [0.717, 1.165) is 26.1 Å². The zero-order chi connectivity index (χ0) is 11.5. The van der Waals surface area contributed by atoms with Crippen molar-refractivity contribution in [1.29, 1.82) is 0 Å². The van der Waals surface area contributed by atoms with Gasteiger partial charge in [0.2, 0.25) is 5.91 Å². The first-order valence-electron chi connectivity index (χ1n) is 5.80. The molecule has 1 N–H and O–H groups in total. The van der Waals surface area contributed by atoms with Crippen molar-refractivity contribution >= 4 is 17.2 Å². The number of thiophene rings is 1. The molecule has 1 fully saturated rings. The normalized spacial score (nSPS) is 21.5. The van der Waals surface area contributed by atoms with Gasteiger partial charge in [-0.3, -0.25) is 4.79 Å². The summed E-state index contributed by atoms with van der Waals surface area (Å²) in [5.41, 5.74) is 0. The maximum atomic E-state index is 11.9. The molecule has 2 heterocycles. The third-order valence-corrected chi connectivity index (χ3v) is 4.14. The van der Waals surface area contributed by atoms with Gasteiger partial charge in [0, 0.05) is 22.8 Å². The molecule has 1 atom stereocenters. The Labute approximate surface area is 100 Å². The molecule has 3 nitrogen and oxygen atoms in total.